The average Bonchev–Trinajstić information content (AvgIpc) is 2.72. The first-order chi connectivity index (χ1) is 13.9. The molecule has 8 nitrogen and oxygen atoms in total. The van der Waals surface area contributed by atoms with E-state index in [0.29, 0.717) is 44.5 Å². The van der Waals surface area contributed by atoms with Gasteiger partial charge in [0.05, 0.1) is 47.7 Å². The first-order valence-corrected chi connectivity index (χ1v) is 11.1. The molecule has 0 spiro atoms. The average molecular weight is 475 g/mol. The number of thioether (sulfide) groups is 1. The smallest absolute Gasteiger partial charge is 0.232 e. The molecule has 2 aromatic heterocycles. The molecule has 0 saturated carbocycles. The Kier molecular flexibility index (Phi) is 7.14. The summed E-state index contributed by atoms with van der Waals surface area (Å²) in [7, 11) is 2.96. The van der Waals surface area contributed by atoms with Crippen molar-refractivity contribution in [2.45, 2.75) is 11.7 Å². The van der Waals surface area contributed by atoms with Gasteiger partial charge in [-0.25, -0.2) is 23.9 Å². The first-order valence-electron chi connectivity index (χ1n) is 8.05. The van der Waals surface area contributed by atoms with Crippen molar-refractivity contribution in [2.75, 3.05) is 20.5 Å². The molecule has 0 amide bonds. The number of halogens is 2. The molecule has 1 aromatic carbocycles. The summed E-state index contributed by atoms with van der Waals surface area (Å²) in [6.07, 6.45) is 3.50. The highest BCUT2D eigenvalue weighted by Crippen LogP contribution is 2.45. The molecule has 0 aliphatic rings. The van der Waals surface area contributed by atoms with Gasteiger partial charge in [-0.3, -0.25) is 4.55 Å². The monoisotopic (exact) mass is 474 g/mol. The Balaban J connectivity index is 2.29. The number of pyridine rings is 1. The summed E-state index contributed by atoms with van der Waals surface area (Å²) in [5.74, 6) is 0.741. The summed E-state index contributed by atoms with van der Waals surface area (Å²) in [5.41, 5.74) is 1.82. The Morgan fingerprint density at radius 2 is 1.83 bits per heavy atom. The Hall–Kier alpha value is -1.69. The predicted octanol–water partition coefficient (Wildman–Crippen LogP) is 3.96. The second kappa shape index (κ2) is 9.41. The summed E-state index contributed by atoms with van der Waals surface area (Å²) < 4.78 is 33.3. The van der Waals surface area contributed by atoms with Crippen LogP contribution in [0.3, 0.4) is 0 Å². The number of benzene rings is 1. The van der Waals surface area contributed by atoms with Gasteiger partial charge in [-0.1, -0.05) is 35.0 Å². The van der Waals surface area contributed by atoms with Crippen LogP contribution in [0.2, 0.25) is 10.0 Å². The van der Waals surface area contributed by atoms with Gasteiger partial charge in [0.15, 0.2) is 5.16 Å². The summed E-state index contributed by atoms with van der Waals surface area (Å²) in [5, 5.41) is 1.74. The Labute approximate surface area is 183 Å². The lowest BCUT2D eigenvalue weighted by atomic mass is 10.1. The molecule has 1 atom stereocenters. The number of ether oxygens (including phenoxy) is 2. The largest absolute Gasteiger partial charge is 0.495 e. The summed E-state index contributed by atoms with van der Waals surface area (Å²) in [6, 6.07) is 3.32. The van der Waals surface area contributed by atoms with Crippen molar-refractivity contribution in [1.29, 1.82) is 0 Å². The van der Waals surface area contributed by atoms with Gasteiger partial charge in [0.25, 0.3) is 0 Å². The maximum atomic E-state index is 11.1. The van der Waals surface area contributed by atoms with Crippen molar-refractivity contribution in [1.82, 2.24) is 19.7 Å². The van der Waals surface area contributed by atoms with E-state index in [1.54, 1.807) is 18.3 Å². The third-order valence-electron chi connectivity index (χ3n) is 3.99. The van der Waals surface area contributed by atoms with Crippen LogP contribution in [0.25, 0.3) is 22.2 Å². The van der Waals surface area contributed by atoms with Crippen LogP contribution in [0.1, 0.15) is 5.69 Å². The lowest BCUT2D eigenvalue weighted by Crippen LogP contribution is -2.17. The Morgan fingerprint density at radius 3 is 2.38 bits per heavy atom. The number of hydrogen-bond acceptors (Lipinski definition) is 7. The zero-order chi connectivity index (χ0) is 21.1. The number of methoxy groups -OCH3 is 2. The van der Waals surface area contributed by atoms with Crippen molar-refractivity contribution >= 4 is 57.1 Å². The zero-order valence-corrected chi connectivity index (χ0v) is 18.7. The molecule has 2 heterocycles. The van der Waals surface area contributed by atoms with Crippen LogP contribution < -0.4 is 14.2 Å². The Bertz CT molecular complexity index is 1070. The predicted molar refractivity (Wildman–Crippen MR) is 115 cm³/mol. The molecule has 0 radical (unpaired) electrons. The number of fused-ring (bicyclic) bond motifs is 1. The molecule has 0 fully saturated rings. The fourth-order valence-corrected chi connectivity index (χ4v) is 3.98. The molecule has 29 heavy (non-hydrogen) atoms. The fraction of sp³-hybridized carbons (Fsp3) is 0.235. The van der Waals surface area contributed by atoms with Crippen LogP contribution in [0.4, 0.5) is 0 Å². The van der Waals surface area contributed by atoms with Gasteiger partial charge in [0, 0.05) is 23.2 Å². The topological polar surface area (TPSA) is 106 Å². The molecular formula is C17H16Cl2N4O4S2. The summed E-state index contributed by atoms with van der Waals surface area (Å²) in [4.78, 5) is 13.4. The maximum Gasteiger partial charge on any atom is 0.232 e. The van der Waals surface area contributed by atoms with Gasteiger partial charge in [-0.05, 0) is 12.3 Å². The number of rotatable bonds is 7. The third-order valence-corrected chi connectivity index (χ3v) is 5.70. The van der Waals surface area contributed by atoms with Gasteiger partial charge in [-0.2, -0.15) is 0 Å². The number of hydrogen-bond donors (Lipinski definition) is 2. The van der Waals surface area contributed by atoms with Crippen LogP contribution in [-0.2, 0) is 17.8 Å². The maximum absolute atomic E-state index is 11.1. The molecule has 1 unspecified atom stereocenters. The highest BCUT2D eigenvalue weighted by atomic mass is 35.5. The van der Waals surface area contributed by atoms with Crippen LogP contribution in [0, 0.1) is 0 Å². The van der Waals surface area contributed by atoms with Gasteiger partial charge in [0.1, 0.15) is 11.5 Å². The van der Waals surface area contributed by atoms with E-state index in [4.69, 9.17) is 37.2 Å². The second-order valence-electron chi connectivity index (χ2n) is 5.60. The molecule has 154 valence electrons. The molecule has 0 aliphatic heterocycles. The zero-order valence-electron chi connectivity index (χ0n) is 15.5. The van der Waals surface area contributed by atoms with Crippen LogP contribution in [0.5, 0.6) is 11.5 Å². The molecule has 3 rings (SSSR count). The van der Waals surface area contributed by atoms with Crippen molar-refractivity contribution in [2.24, 2.45) is 0 Å². The highest BCUT2D eigenvalue weighted by molar-refractivity contribution is 7.98. The van der Waals surface area contributed by atoms with E-state index in [9.17, 15) is 4.21 Å². The summed E-state index contributed by atoms with van der Waals surface area (Å²) in [6.45, 7) is -0.00533. The normalized spacial score (nSPS) is 12.2. The molecule has 0 bridgehead atoms. The molecule has 0 aliphatic carbocycles. The fourth-order valence-electron chi connectivity index (χ4n) is 2.68. The van der Waals surface area contributed by atoms with E-state index in [1.165, 1.54) is 26.0 Å². The molecule has 3 aromatic rings. The molecular weight excluding hydrogens is 459 g/mol. The second-order valence-corrected chi connectivity index (χ2v) is 7.92. The standard InChI is InChI=1S/C17H16Cl2N4O4S2/c1-26-11-5-12(27-2)15(19)13(14(11)18)9-4-8-6-20-17(28-3)23-16(8)10(22-9)7-21-29(24)25/h4-6,21H,7H2,1-3H3,(H,24,25). The van der Waals surface area contributed by atoms with Crippen LogP contribution in [-0.4, -0.2) is 44.2 Å². The third kappa shape index (κ3) is 4.57. The van der Waals surface area contributed by atoms with Crippen LogP contribution in [0.15, 0.2) is 23.5 Å². The minimum atomic E-state index is -2.22. The SMILES string of the molecule is COc1cc(OC)c(Cl)c(-c2cc3cnc(SC)nc3c(CNS(=O)O)n2)c1Cl. The van der Waals surface area contributed by atoms with Gasteiger partial charge in [-0.15, -0.1) is 0 Å². The van der Waals surface area contributed by atoms with Gasteiger partial charge >= 0.3 is 0 Å². The molecule has 12 heteroatoms. The Morgan fingerprint density at radius 1 is 1.17 bits per heavy atom. The highest BCUT2D eigenvalue weighted by Gasteiger charge is 2.21. The quantitative estimate of drug-likeness (QED) is 0.301. The van der Waals surface area contributed by atoms with E-state index >= 15 is 0 Å². The minimum absolute atomic E-state index is 0.00533. The van der Waals surface area contributed by atoms with E-state index < -0.39 is 11.3 Å². The van der Waals surface area contributed by atoms with Crippen molar-refractivity contribution in [3.8, 4) is 22.8 Å². The number of nitrogens with one attached hydrogen (secondary N) is 1. The van der Waals surface area contributed by atoms with E-state index in [0.717, 1.165) is 0 Å². The lowest BCUT2D eigenvalue weighted by Gasteiger charge is -2.16. The van der Waals surface area contributed by atoms with E-state index in [2.05, 4.69) is 19.7 Å². The van der Waals surface area contributed by atoms with Gasteiger partial charge < -0.3 is 9.47 Å². The lowest BCUT2D eigenvalue weighted by molar-refractivity contribution is 0.395. The minimum Gasteiger partial charge on any atom is -0.495 e. The molecule has 0 saturated heterocycles. The number of nitrogens with zero attached hydrogens (tertiary/aromatic N) is 3. The van der Waals surface area contributed by atoms with E-state index in [-0.39, 0.29) is 16.6 Å². The van der Waals surface area contributed by atoms with Gasteiger partial charge in [0.2, 0.25) is 11.3 Å². The summed E-state index contributed by atoms with van der Waals surface area (Å²) >= 11 is 12.2. The van der Waals surface area contributed by atoms with Crippen molar-refractivity contribution in [3.63, 3.8) is 0 Å². The first kappa shape index (κ1) is 22.0. The van der Waals surface area contributed by atoms with Crippen molar-refractivity contribution in [3.05, 3.63) is 34.1 Å². The molecule has 2 N–H and O–H groups in total. The van der Waals surface area contributed by atoms with Crippen molar-refractivity contribution < 1.29 is 18.2 Å². The van der Waals surface area contributed by atoms with Crippen LogP contribution >= 0.6 is 35.0 Å². The van der Waals surface area contributed by atoms with E-state index in [1.807, 2.05) is 6.26 Å². The number of aromatic nitrogens is 3.